The lowest BCUT2D eigenvalue weighted by Crippen LogP contribution is -2.21. The molecule has 0 bridgehead atoms. The number of anilines is 1. The normalized spacial score (nSPS) is 11.5. The highest BCUT2D eigenvalue weighted by atomic mass is 19.1. The van der Waals surface area contributed by atoms with Crippen molar-refractivity contribution < 1.29 is 18.4 Å². The van der Waals surface area contributed by atoms with E-state index in [4.69, 9.17) is 5.73 Å². The fourth-order valence-corrected chi connectivity index (χ4v) is 3.02. The van der Waals surface area contributed by atoms with Gasteiger partial charge in [-0.25, -0.2) is 8.78 Å². The van der Waals surface area contributed by atoms with Crippen LogP contribution in [0.3, 0.4) is 0 Å². The van der Waals surface area contributed by atoms with E-state index in [-0.39, 0.29) is 22.6 Å². The highest BCUT2D eigenvalue weighted by molar-refractivity contribution is 6.18. The second kappa shape index (κ2) is 7.03. The summed E-state index contributed by atoms with van der Waals surface area (Å²) in [5.74, 6) is -2.81. The van der Waals surface area contributed by atoms with E-state index in [1.54, 1.807) is 51.1 Å². The van der Waals surface area contributed by atoms with Crippen LogP contribution in [0.2, 0.25) is 0 Å². The molecule has 0 unspecified atom stereocenters. The lowest BCUT2D eigenvalue weighted by Gasteiger charge is -2.18. The maximum atomic E-state index is 14.6. The van der Waals surface area contributed by atoms with Gasteiger partial charge in [-0.1, -0.05) is 57.2 Å². The van der Waals surface area contributed by atoms with Crippen LogP contribution in [-0.2, 0) is 0 Å². The number of H-pyrrole nitrogens is 1. The van der Waals surface area contributed by atoms with Crippen molar-refractivity contribution in [3.63, 3.8) is 0 Å². The topological polar surface area (TPSA) is 76.0 Å². The molecule has 6 heteroatoms. The molecule has 3 N–H and O–H groups in total. The molecule has 3 aromatic rings. The van der Waals surface area contributed by atoms with Gasteiger partial charge in [-0.3, -0.25) is 9.59 Å². The molecule has 28 heavy (non-hydrogen) atoms. The van der Waals surface area contributed by atoms with Gasteiger partial charge < -0.3 is 10.7 Å². The third-order valence-electron chi connectivity index (χ3n) is 4.41. The van der Waals surface area contributed by atoms with Gasteiger partial charge >= 0.3 is 0 Å². The van der Waals surface area contributed by atoms with Crippen molar-refractivity contribution in [3.8, 4) is 11.1 Å². The summed E-state index contributed by atoms with van der Waals surface area (Å²) in [6, 6.07) is 11.6. The van der Waals surface area contributed by atoms with Crippen molar-refractivity contribution in [1.29, 1.82) is 0 Å². The number of hydrogen-bond donors (Lipinski definition) is 2. The number of nitrogen functional groups attached to an aromatic ring is 1. The number of halogens is 2. The second-order valence-corrected chi connectivity index (χ2v) is 7.53. The van der Waals surface area contributed by atoms with Crippen LogP contribution in [0.1, 0.15) is 47.2 Å². The number of carbonyl (C=O) groups excluding carboxylic acids is 2. The first-order chi connectivity index (χ1) is 13.1. The number of ketones is 2. The van der Waals surface area contributed by atoms with Crippen molar-refractivity contribution in [1.82, 2.24) is 4.98 Å². The van der Waals surface area contributed by atoms with E-state index >= 15 is 0 Å². The molecule has 0 aliphatic heterocycles. The Hall–Kier alpha value is -3.28. The molecular formula is C22H20F2N2O2. The van der Waals surface area contributed by atoms with E-state index < -0.39 is 34.2 Å². The van der Waals surface area contributed by atoms with Crippen LogP contribution in [-0.4, -0.2) is 16.6 Å². The third-order valence-corrected chi connectivity index (χ3v) is 4.41. The Morgan fingerprint density at radius 2 is 1.46 bits per heavy atom. The minimum Gasteiger partial charge on any atom is -0.385 e. The molecule has 0 radical (unpaired) electrons. The number of aromatic nitrogens is 1. The van der Waals surface area contributed by atoms with Gasteiger partial charge in [0.05, 0.1) is 16.8 Å². The van der Waals surface area contributed by atoms with Crippen LogP contribution in [0, 0.1) is 17.0 Å². The summed E-state index contributed by atoms with van der Waals surface area (Å²) >= 11 is 0. The molecule has 1 aromatic heterocycles. The summed E-state index contributed by atoms with van der Waals surface area (Å²) in [5, 5.41) is 0. The summed E-state index contributed by atoms with van der Waals surface area (Å²) in [6.45, 7) is 5.01. The van der Waals surface area contributed by atoms with Crippen molar-refractivity contribution in [2.75, 3.05) is 5.73 Å². The zero-order valence-corrected chi connectivity index (χ0v) is 15.8. The Morgan fingerprint density at radius 3 is 2.00 bits per heavy atom. The van der Waals surface area contributed by atoms with Gasteiger partial charge in [-0.05, 0) is 12.1 Å². The molecule has 0 aliphatic carbocycles. The lowest BCUT2D eigenvalue weighted by atomic mass is 9.83. The standard InChI is InChI=1S/C22H20F2N2O2/c1-22(2,3)20(28)17-16(15-13(23)10-7-11-14(15)24)18(26-21(17)25)19(27)12-8-5-4-6-9-12/h4-11,26H,25H2,1-3H3. The molecule has 0 fully saturated rings. The predicted octanol–water partition coefficient (Wildman–Crippen LogP) is 5.00. The van der Waals surface area contributed by atoms with Crippen molar-refractivity contribution in [2.45, 2.75) is 20.8 Å². The summed E-state index contributed by atoms with van der Waals surface area (Å²) < 4.78 is 29.2. The largest absolute Gasteiger partial charge is 0.385 e. The van der Waals surface area contributed by atoms with Gasteiger partial charge in [0.1, 0.15) is 17.5 Å². The molecular weight excluding hydrogens is 362 g/mol. The van der Waals surface area contributed by atoms with Crippen molar-refractivity contribution >= 4 is 17.4 Å². The monoisotopic (exact) mass is 382 g/mol. The maximum Gasteiger partial charge on any atom is 0.209 e. The average molecular weight is 382 g/mol. The molecule has 3 rings (SSSR count). The Labute approximate surface area is 161 Å². The molecule has 2 aromatic carbocycles. The van der Waals surface area contributed by atoms with Crippen LogP contribution < -0.4 is 5.73 Å². The quantitative estimate of drug-likeness (QED) is 0.623. The van der Waals surface area contributed by atoms with E-state index in [1.165, 1.54) is 6.07 Å². The van der Waals surface area contributed by atoms with E-state index in [1.807, 2.05) is 0 Å². The number of benzene rings is 2. The number of nitrogens with one attached hydrogen (secondary N) is 1. The molecule has 0 saturated heterocycles. The number of carbonyl (C=O) groups is 2. The molecule has 0 atom stereocenters. The van der Waals surface area contributed by atoms with Crippen LogP contribution >= 0.6 is 0 Å². The Morgan fingerprint density at radius 1 is 0.893 bits per heavy atom. The number of nitrogens with two attached hydrogens (primary N) is 1. The fraction of sp³-hybridized carbons (Fsp3) is 0.182. The average Bonchev–Trinajstić information content (AvgIpc) is 2.97. The summed E-state index contributed by atoms with van der Waals surface area (Å²) in [6.07, 6.45) is 0. The minimum absolute atomic E-state index is 0.0872. The van der Waals surface area contributed by atoms with E-state index in [0.717, 1.165) is 12.1 Å². The second-order valence-electron chi connectivity index (χ2n) is 7.53. The molecule has 1 heterocycles. The van der Waals surface area contributed by atoms with Gasteiger partial charge in [-0.2, -0.15) is 0 Å². The molecule has 0 amide bonds. The van der Waals surface area contributed by atoms with Crippen LogP contribution in [0.4, 0.5) is 14.6 Å². The van der Waals surface area contributed by atoms with Crippen molar-refractivity contribution in [3.05, 3.63) is 77.0 Å². The zero-order valence-electron chi connectivity index (χ0n) is 15.8. The Bertz CT molecular complexity index is 1040. The smallest absolute Gasteiger partial charge is 0.209 e. The molecule has 4 nitrogen and oxygen atoms in total. The van der Waals surface area contributed by atoms with E-state index in [2.05, 4.69) is 4.98 Å². The number of aromatic amines is 1. The SMILES string of the molecule is CC(C)(C)C(=O)c1c(N)[nH]c(C(=O)c2ccccc2)c1-c1c(F)cccc1F. The first-order valence-electron chi connectivity index (χ1n) is 8.73. The van der Waals surface area contributed by atoms with Gasteiger partial charge in [-0.15, -0.1) is 0 Å². The zero-order chi connectivity index (χ0) is 20.6. The highest BCUT2D eigenvalue weighted by Crippen LogP contribution is 2.39. The molecule has 0 aliphatic rings. The Balaban J connectivity index is 2.36. The first kappa shape index (κ1) is 19.5. The molecule has 144 valence electrons. The number of rotatable bonds is 4. The summed E-state index contributed by atoms with van der Waals surface area (Å²) in [4.78, 5) is 28.8. The maximum absolute atomic E-state index is 14.6. The van der Waals surface area contributed by atoms with Gasteiger partial charge in [0, 0.05) is 16.5 Å². The number of Topliss-reactive ketones (excluding diaryl/α,β-unsaturated/α-hetero) is 1. The fourth-order valence-electron chi connectivity index (χ4n) is 3.02. The van der Waals surface area contributed by atoms with Crippen LogP contribution in [0.15, 0.2) is 48.5 Å². The van der Waals surface area contributed by atoms with Crippen LogP contribution in [0.5, 0.6) is 0 Å². The Kier molecular flexibility index (Phi) is 4.89. The lowest BCUT2D eigenvalue weighted by molar-refractivity contribution is 0.0860. The van der Waals surface area contributed by atoms with Crippen LogP contribution in [0.25, 0.3) is 11.1 Å². The molecule has 0 spiro atoms. The number of hydrogen-bond acceptors (Lipinski definition) is 3. The summed E-state index contributed by atoms with van der Waals surface area (Å²) in [5.41, 5.74) is 4.63. The van der Waals surface area contributed by atoms with Gasteiger partial charge in [0.15, 0.2) is 5.78 Å². The van der Waals surface area contributed by atoms with Gasteiger partial charge in [0.2, 0.25) is 5.78 Å². The van der Waals surface area contributed by atoms with Gasteiger partial charge in [0.25, 0.3) is 0 Å². The summed E-state index contributed by atoms with van der Waals surface area (Å²) in [7, 11) is 0. The van der Waals surface area contributed by atoms with Crippen molar-refractivity contribution in [2.24, 2.45) is 5.41 Å². The van der Waals surface area contributed by atoms with E-state index in [0.29, 0.717) is 5.56 Å². The highest BCUT2D eigenvalue weighted by Gasteiger charge is 2.34. The third kappa shape index (κ3) is 3.33. The molecule has 0 saturated carbocycles. The van der Waals surface area contributed by atoms with E-state index in [9.17, 15) is 18.4 Å². The predicted molar refractivity (Wildman–Crippen MR) is 104 cm³/mol. The minimum atomic E-state index is -0.885. The first-order valence-corrected chi connectivity index (χ1v) is 8.73.